The van der Waals surface area contributed by atoms with Crippen LogP contribution in [0, 0.1) is 0 Å². The predicted molar refractivity (Wildman–Crippen MR) is 91.8 cm³/mol. The van der Waals surface area contributed by atoms with Crippen LogP contribution in [0.4, 0.5) is 5.69 Å². The van der Waals surface area contributed by atoms with Gasteiger partial charge in [0.25, 0.3) is 0 Å². The Morgan fingerprint density at radius 2 is 1.64 bits per heavy atom. The Hall–Kier alpha value is -3.41. The van der Waals surface area contributed by atoms with Gasteiger partial charge in [0, 0.05) is 17.9 Å². The predicted octanol–water partition coefficient (Wildman–Crippen LogP) is 3.10. The van der Waals surface area contributed by atoms with Gasteiger partial charge >= 0.3 is 5.97 Å². The SMILES string of the molecule is CC(=O)N(CC(=O)O)c1c(C(=O)c2ccccc2)oc2ccccc12. The highest BCUT2D eigenvalue weighted by atomic mass is 16.4. The molecule has 0 aliphatic heterocycles. The number of hydrogen-bond donors (Lipinski definition) is 1. The van der Waals surface area contributed by atoms with Crippen molar-refractivity contribution in [1.82, 2.24) is 0 Å². The third-order valence-corrected chi connectivity index (χ3v) is 3.75. The average Bonchev–Trinajstić information content (AvgIpc) is 2.98. The Balaban J connectivity index is 2.23. The molecule has 0 radical (unpaired) electrons. The number of fused-ring (bicyclic) bond motifs is 1. The first-order valence-electron chi connectivity index (χ1n) is 7.60. The van der Waals surface area contributed by atoms with Crippen molar-refractivity contribution in [1.29, 1.82) is 0 Å². The zero-order valence-electron chi connectivity index (χ0n) is 13.4. The van der Waals surface area contributed by atoms with E-state index in [0.29, 0.717) is 16.5 Å². The Morgan fingerprint density at radius 1 is 1.00 bits per heavy atom. The largest absolute Gasteiger partial charge is 0.480 e. The summed E-state index contributed by atoms with van der Waals surface area (Å²) in [5.74, 6) is -2.14. The van der Waals surface area contributed by atoms with Gasteiger partial charge in [0.05, 0.1) is 0 Å². The van der Waals surface area contributed by atoms with Gasteiger partial charge < -0.3 is 9.52 Å². The molecule has 126 valence electrons. The number of anilines is 1. The molecule has 6 heteroatoms. The van der Waals surface area contributed by atoms with Crippen LogP contribution < -0.4 is 4.90 Å². The number of carboxylic acids is 1. The van der Waals surface area contributed by atoms with Gasteiger partial charge in [-0.25, -0.2) is 0 Å². The fourth-order valence-corrected chi connectivity index (χ4v) is 2.66. The van der Waals surface area contributed by atoms with Crippen molar-refractivity contribution < 1.29 is 23.9 Å². The van der Waals surface area contributed by atoms with E-state index < -0.39 is 24.2 Å². The van der Waals surface area contributed by atoms with Crippen LogP contribution in [0.2, 0.25) is 0 Å². The molecule has 2 aromatic carbocycles. The maximum Gasteiger partial charge on any atom is 0.323 e. The van der Waals surface area contributed by atoms with Gasteiger partial charge in [0.1, 0.15) is 17.8 Å². The minimum atomic E-state index is -1.18. The second-order valence-electron chi connectivity index (χ2n) is 5.47. The van der Waals surface area contributed by atoms with Crippen LogP contribution in [0.5, 0.6) is 0 Å². The molecule has 0 bridgehead atoms. The third kappa shape index (κ3) is 3.14. The minimum absolute atomic E-state index is 0.0520. The van der Waals surface area contributed by atoms with Crippen LogP contribution in [0.15, 0.2) is 59.0 Å². The second kappa shape index (κ2) is 6.60. The van der Waals surface area contributed by atoms with Crippen molar-refractivity contribution in [3.05, 3.63) is 65.9 Å². The summed E-state index contributed by atoms with van der Waals surface area (Å²) in [6.45, 7) is 0.690. The smallest absolute Gasteiger partial charge is 0.323 e. The maximum atomic E-state index is 12.9. The van der Waals surface area contributed by atoms with Crippen LogP contribution in [0.1, 0.15) is 23.0 Å². The van der Waals surface area contributed by atoms with Crippen LogP contribution in [0.25, 0.3) is 11.0 Å². The number of furan rings is 1. The minimum Gasteiger partial charge on any atom is -0.480 e. The topological polar surface area (TPSA) is 87.8 Å². The number of hydrogen-bond acceptors (Lipinski definition) is 4. The molecular formula is C19H15NO5. The van der Waals surface area contributed by atoms with Gasteiger partial charge in [0.15, 0.2) is 5.76 Å². The molecular weight excluding hydrogens is 322 g/mol. The molecule has 0 saturated heterocycles. The molecule has 1 aromatic heterocycles. The summed E-state index contributed by atoms with van der Waals surface area (Å²) in [7, 11) is 0. The summed E-state index contributed by atoms with van der Waals surface area (Å²) in [6.07, 6.45) is 0. The summed E-state index contributed by atoms with van der Waals surface area (Å²) < 4.78 is 5.69. The van der Waals surface area contributed by atoms with Crippen LogP contribution in [-0.4, -0.2) is 29.3 Å². The van der Waals surface area contributed by atoms with Crippen molar-refractivity contribution in [2.24, 2.45) is 0 Å². The van der Waals surface area contributed by atoms with E-state index in [0.717, 1.165) is 4.90 Å². The molecule has 0 atom stereocenters. The molecule has 0 aliphatic rings. The Bertz CT molecular complexity index is 958. The van der Waals surface area contributed by atoms with E-state index in [4.69, 9.17) is 9.52 Å². The van der Waals surface area contributed by atoms with Crippen LogP contribution in [0.3, 0.4) is 0 Å². The Morgan fingerprint density at radius 3 is 2.28 bits per heavy atom. The van der Waals surface area contributed by atoms with Crippen LogP contribution in [-0.2, 0) is 9.59 Å². The van der Waals surface area contributed by atoms with Gasteiger partial charge in [-0.3, -0.25) is 19.3 Å². The maximum absolute atomic E-state index is 12.9. The first-order valence-corrected chi connectivity index (χ1v) is 7.60. The fraction of sp³-hybridized carbons (Fsp3) is 0.105. The number of rotatable bonds is 5. The number of carbonyl (C=O) groups excluding carboxylic acids is 2. The molecule has 3 aromatic rings. The van der Waals surface area contributed by atoms with Gasteiger partial charge in [0.2, 0.25) is 11.7 Å². The van der Waals surface area contributed by atoms with Gasteiger partial charge in [-0.2, -0.15) is 0 Å². The quantitative estimate of drug-likeness (QED) is 0.723. The molecule has 0 fully saturated rings. The van der Waals surface area contributed by atoms with E-state index in [1.165, 1.54) is 6.92 Å². The van der Waals surface area contributed by atoms with Crippen molar-refractivity contribution in [2.45, 2.75) is 6.92 Å². The van der Waals surface area contributed by atoms with E-state index >= 15 is 0 Å². The first-order chi connectivity index (χ1) is 12.0. The number of carbonyl (C=O) groups is 3. The van der Waals surface area contributed by atoms with Gasteiger partial charge in [-0.05, 0) is 12.1 Å². The standard InChI is InChI=1S/C19H15NO5/c1-12(21)20(11-16(22)23)17-14-9-5-6-10-15(14)25-19(17)18(24)13-7-3-2-4-8-13/h2-10H,11H2,1H3,(H,22,23). The number of benzene rings is 2. The summed E-state index contributed by atoms with van der Waals surface area (Å²) in [4.78, 5) is 37.1. The Kier molecular flexibility index (Phi) is 4.35. The van der Waals surface area contributed by atoms with Crippen molar-refractivity contribution in [3.8, 4) is 0 Å². The fourth-order valence-electron chi connectivity index (χ4n) is 2.66. The number of aliphatic carboxylic acids is 1. The number of nitrogens with zero attached hydrogens (tertiary/aromatic N) is 1. The molecule has 6 nitrogen and oxygen atoms in total. The number of carboxylic acid groups (broad SMARTS) is 1. The summed E-state index contributed by atoms with van der Waals surface area (Å²) in [5, 5.41) is 9.65. The van der Waals surface area contributed by atoms with Crippen molar-refractivity contribution in [2.75, 3.05) is 11.4 Å². The Labute approximate surface area is 143 Å². The molecule has 0 unspecified atom stereocenters. The van der Waals surface area contributed by atoms with E-state index in [-0.39, 0.29) is 11.4 Å². The number of ketones is 1. The molecule has 1 N–H and O–H groups in total. The molecule has 0 aliphatic carbocycles. The molecule has 25 heavy (non-hydrogen) atoms. The molecule has 1 amide bonds. The lowest BCUT2D eigenvalue weighted by molar-refractivity contribution is -0.136. The monoisotopic (exact) mass is 337 g/mol. The van der Waals surface area contributed by atoms with E-state index in [2.05, 4.69) is 0 Å². The highest BCUT2D eigenvalue weighted by Crippen LogP contribution is 2.35. The summed E-state index contributed by atoms with van der Waals surface area (Å²) in [6, 6.07) is 15.3. The molecule has 0 saturated carbocycles. The van der Waals surface area contributed by atoms with Crippen molar-refractivity contribution in [3.63, 3.8) is 0 Å². The number of amides is 1. The first kappa shape index (κ1) is 16.4. The molecule has 1 heterocycles. The van der Waals surface area contributed by atoms with E-state index in [1.54, 1.807) is 54.6 Å². The highest BCUT2D eigenvalue weighted by Gasteiger charge is 2.28. The summed E-state index contributed by atoms with van der Waals surface area (Å²) in [5.41, 5.74) is 0.981. The van der Waals surface area contributed by atoms with Gasteiger partial charge in [-0.1, -0.05) is 42.5 Å². The zero-order chi connectivity index (χ0) is 18.0. The number of para-hydroxylation sites is 1. The lowest BCUT2D eigenvalue weighted by atomic mass is 10.1. The molecule has 0 spiro atoms. The van der Waals surface area contributed by atoms with Crippen molar-refractivity contribution >= 4 is 34.3 Å². The summed E-state index contributed by atoms with van der Waals surface area (Å²) >= 11 is 0. The van der Waals surface area contributed by atoms with E-state index in [9.17, 15) is 14.4 Å². The van der Waals surface area contributed by atoms with E-state index in [1.807, 2.05) is 0 Å². The van der Waals surface area contributed by atoms with Gasteiger partial charge in [-0.15, -0.1) is 0 Å². The third-order valence-electron chi connectivity index (χ3n) is 3.75. The zero-order valence-corrected chi connectivity index (χ0v) is 13.4. The average molecular weight is 337 g/mol. The molecule has 3 rings (SSSR count). The lowest BCUT2D eigenvalue weighted by Crippen LogP contribution is -2.34. The second-order valence-corrected chi connectivity index (χ2v) is 5.47. The van der Waals surface area contributed by atoms with Crippen LogP contribution >= 0.6 is 0 Å². The normalized spacial score (nSPS) is 10.6. The lowest BCUT2D eigenvalue weighted by Gasteiger charge is -2.18. The highest BCUT2D eigenvalue weighted by molar-refractivity contribution is 6.18.